The summed E-state index contributed by atoms with van der Waals surface area (Å²) in [6, 6.07) is 6.00. The molecular formula is C28H38ClN5O8S. The van der Waals surface area contributed by atoms with Crippen molar-refractivity contribution in [3.8, 4) is 0 Å². The summed E-state index contributed by atoms with van der Waals surface area (Å²) in [7, 11) is -3.84. The van der Waals surface area contributed by atoms with Gasteiger partial charge in [-0.1, -0.05) is 17.7 Å². The van der Waals surface area contributed by atoms with Crippen molar-refractivity contribution in [2.24, 2.45) is 0 Å². The van der Waals surface area contributed by atoms with Gasteiger partial charge in [0.05, 0.1) is 23.4 Å². The van der Waals surface area contributed by atoms with Gasteiger partial charge in [-0.05, 0) is 51.5 Å². The van der Waals surface area contributed by atoms with E-state index in [1.165, 1.54) is 4.31 Å². The van der Waals surface area contributed by atoms with Crippen LogP contribution in [0.2, 0.25) is 5.02 Å². The molecule has 0 saturated carbocycles. The van der Waals surface area contributed by atoms with Gasteiger partial charge in [0.2, 0.25) is 10.0 Å². The standard InChI is InChI=1S/C28H38ClN5O8S/c1-27(2)38-16-21(40-27)23-24-25(42-28(3,4)41-24)26(39-23)34(35)20(18-6-5-9-30-14-18)17-43(36,37)33-12-10-32(11-13-33)22-8-7-19(29)15-31-22/h5-9,14-15,20-21,23-26,35H,10-13,16-17H2,1-4H3/t20-,21-,23?,24-,25-,26?/m1/s1. The molecule has 0 radical (unpaired) electrons. The first-order chi connectivity index (χ1) is 20.3. The number of halogens is 1. The Kier molecular flexibility index (Phi) is 8.47. The topological polar surface area (TPSA) is 136 Å². The number of piperazine rings is 1. The number of fused-ring (bicyclic) bond motifs is 1. The molecule has 0 aliphatic carbocycles. The van der Waals surface area contributed by atoms with E-state index < -0.39 is 64.0 Å². The van der Waals surface area contributed by atoms with E-state index in [0.29, 0.717) is 23.7 Å². The number of hydrogen-bond acceptors (Lipinski definition) is 12. The third-order valence-electron chi connectivity index (χ3n) is 8.15. The fourth-order valence-electron chi connectivity index (χ4n) is 6.13. The summed E-state index contributed by atoms with van der Waals surface area (Å²) in [4.78, 5) is 10.6. The van der Waals surface area contributed by atoms with Crippen LogP contribution in [0.15, 0.2) is 42.9 Å². The van der Waals surface area contributed by atoms with E-state index in [2.05, 4.69) is 9.97 Å². The van der Waals surface area contributed by atoms with Gasteiger partial charge < -0.3 is 33.8 Å². The number of rotatable bonds is 8. The van der Waals surface area contributed by atoms with Gasteiger partial charge in [0, 0.05) is 44.8 Å². The molecule has 0 aromatic carbocycles. The molecule has 4 fully saturated rings. The molecular weight excluding hydrogens is 602 g/mol. The van der Waals surface area contributed by atoms with Crippen molar-refractivity contribution >= 4 is 27.4 Å². The third kappa shape index (κ3) is 6.54. The lowest BCUT2D eigenvalue weighted by molar-refractivity contribution is -0.282. The molecule has 0 amide bonds. The van der Waals surface area contributed by atoms with Crippen molar-refractivity contribution in [3.05, 3.63) is 53.4 Å². The molecule has 13 nitrogen and oxygen atoms in total. The molecule has 1 N–H and O–H groups in total. The van der Waals surface area contributed by atoms with E-state index in [4.69, 9.17) is 35.3 Å². The Hall–Kier alpha value is -1.98. The molecule has 2 aromatic heterocycles. The first-order valence-electron chi connectivity index (χ1n) is 14.4. The third-order valence-corrected chi connectivity index (χ3v) is 10.3. The van der Waals surface area contributed by atoms with Crippen LogP contribution in [-0.4, -0.2) is 114 Å². The van der Waals surface area contributed by atoms with E-state index >= 15 is 0 Å². The monoisotopic (exact) mass is 639 g/mol. The van der Waals surface area contributed by atoms with Crippen molar-refractivity contribution in [2.45, 2.75) is 76.0 Å². The molecule has 43 heavy (non-hydrogen) atoms. The maximum Gasteiger partial charge on any atom is 0.216 e. The average molecular weight is 640 g/mol. The Morgan fingerprint density at radius 3 is 2.40 bits per heavy atom. The lowest BCUT2D eigenvalue weighted by Crippen LogP contribution is -2.52. The van der Waals surface area contributed by atoms with Crippen LogP contribution in [0.1, 0.15) is 39.3 Å². The normalized spacial score (nSPS) is 31.4. The summed E-state index contributed by atoms with van der Waals surface area (Å²) in [6.45, 7) is 8.96. The van der Waals surface area contributed by atoms with Crippen molar-refractivity contribution in [1.82, 2.24) is 19.3 Å². The molecule has 4 saturated heterocycles. The summed E-state index contributed by atoms with van der Waals surface area (Å²) < 4.78 is 59.7. The van der Waals surface area contributed by atoms with Gasteiger partial charge in [-0.3, -0.25) is 4.98 Å². The Labute approximate surface area is 256 Å². The maximum absolute atomic E-state index is 13.8. The van der Waals surface area contributed by atoms with Gasteiger partial charge >= 0.3 is 0 Å². The molecule has 4 aliphatic heterocycles. The van der Waals surface area contributed by atoms with Crippen molar-refractivity contribution in [1.29, 1.82) is 0 Å². The van der Waals surface area contributed by atoms with E-state index in [0.717, 1.165) is 10.9 Å². The molecule has 6 rings (SSSR count). The number of pyridine rings is 2. The number of anilines is 1. The molecule has 236 valence electrons. The second-order valence-electron chi connectivity index (χ2n) is 12.1. The number of ether oxygens (including phenoxy) is 5. The Balaban J connectivity index is 1.21. The average Bonchev–Trinajstić information content (AvgIpc) is 3.61. The smallest absolute Gasteiger partial charge is 0.216 e. The van der Waals surface area contributed by atoms with Crippen LogP contribution in [0.4, 0.5) is 5.82 Å². The largest absolute Gasteiger partial charge is 0.354 e. The molecule has 0 bridgehead atoms. The number of aromatic nitrogens is 2. The summed E-state index contributed by atoms with van der Waals surface area (Å²) in [5, 5.41) is 13.3. The summed E-state index contributed by atoms with van der Waals surface area (Å²) in [5.74, 6) is -1.41. The predicted octanol–water partition coefficient (Wildman–Crippen LogP) is 2.41. The van der Waals surface area contributed by atoms with Crippen LogP contribution in [0, 0.1) is 0 Å². The highest BCUT2D eigenvalue weighted by Gasteiger charge is 2.61. The minimum Gasteiger partial charge on any atom is -0.354 e. The highest BCUT2D eigenvalue weighted by Crippen LogP contribution is 2.44. The summed E-state index contributed by atoms with van der Waals surface area (Å²) in [5.41, 5.74) is 0.515. The fourth-order valence-corrected chi connectivity index (χ4v) is 7.91. The zero-order chi connectivity index (χ0) is 30.6. The van der Waals surface area contributed by atoms with Crippen LogP contribution >= 0.6 is 11.6 Å². The van der Waals surface area contributed by atoms with Crippen LogP contribution < -0.4 is 4.90 Å². The predicted molar refractivity (Wildman–Crippen MR) is 155 cm³/mol. The van der Waals surface area contributed by atoms with Crippen molar-refractivity contribution in [2.75, 3.05) is 43.4 Å². The molecule has 2 aromatic rings. The second-order valence-corrected chi connectivity index (χ2v) is 14.6. The lowest BCUT2D eigenvalue weighted by atomic mass is 10.1. The first-order valence-corrected chi connectivity index (χ1v) is 16.3. The quantitative estimate of drug-likeness (QED) is 0.425. The molecule has 0 spiro atoms. The Morgan fingerprint density at radius 2 is 1.77 bits per heavy atom. The number of hydroxylamine groups is 2. The highest BCUT2D eigenvalue weighted by molar-refractivity contribution is 7.89. The van der Waals surface area contributed by atoms with E-state index in [9.17, 15) is 13.6 Å². The molecule has 2 unspecified atom stereocenters. The van der Waals surface area contributed by atoms with E-state index in [-0.39, 0.29) is 19.7 Å². The van der Waals surface area contributed by atoms with Crippen molar-refractivity contribution < 1.29 is 37.3 Å². The zero-order valence-corrected chi connectivity index (χ0v) is 26.1. The molecule has 4 aliphatic rings. The second kappa shape index (κ2) is 11.7. The number of hydrogen-bond donors (Lipinski definition) is 1. The highest BCUT2D eigenvalue weighted by atomic mass is 35.5. The summed E-state index contributed by atoms with van der Waals surface area (Å²) in [6.07, 6.45) is 1.30. The van der Waals surface area contributed by atoms with Crippen LogP contribution in [0.5, 0.6) is 0 Å². The number of sulfonamides is 1. The van der Waals surface area contributed by atoms with Crippen LogP contribution in [0.25, 0.3) is 0 Å². The summed E-state index contributed by atoms with van der Waals surface area (Å²) >= 11 is 5.97. The maximum atomic E-state index is 13.8. The van der Waals surface area contributed by atoms with Crippen molar-refractivity contribution in [3.63, 3.8) is 0 Å². The van der Waals surface area contributed by atoms with Crippen LogP contribution in [0.3, 0.4) is 0 Å². The fraction of sp³-hybridized carbons (Fsp3) is 0.643. The molecule has 6 atom stereocenters. The van der Waals surface area contributed by atoms with Gasteiger partial charge in [0.15, 0.2) is 17.8 Å². The van der Waals surface area contributed by atoms with Gasteiger partial charge in [0.25, 0.3) is 0 Å². The number of nitrogens with zero attached hydrogens (tertiary/aromatic N) is 5. The van der Waals surface area contributed by atoms with E-state index in [1.807, 2.05) is 24.8 Å². The molecule has 6 heterocycles. The minimum atomic E-state index is -3.84. The van der Waals surface area contributed by atoms with Gasteiger partial charge in [-0.15, -0.1) is 0 Å². The SMILES string of the molecule is CC1(C)OC[C@H](C2OC(N(O)[C@H](CS(=O)(=O)N3CCN(c4ccc(Cl)cn4)CC3)c3cccnc3)[C@@H]3OC(C)(C)O[C@H]23)O1. The first kappa shape index (κ1) is 31.0. The Bertz CT molecular complexity index is 1380. The van der Waals surface area contributed by atoms with Gasteiger partial charge in [-0.25, -0.2) is 13.4 Å². The van der Waals surface area contributed by atoms with Gasteiger partial charge in [0.1, 0.15) is 30.2 Å². The zero-order valence-electron chi connectivity index (χ0n) is 24.6. The van der Waals surface area contributed by atoms with Crippen LogP contribution in [-0.2, 0) is 33.7 Å². The Morgan fingerprint density at radius 1 is 1.02 bits per heavy atom. The molecule has 15 heteroatoms. The van der Waals surface area contributed by atoms with E-state index in [1.54, 1.807) is 50.6 Å². The van der Waals surface area contributed by atoms with Gasteiger partial charge in [-0.2, -0.15) is 9.37 Å². The lowest BCUT2D eigenvalue weighted by Gasteiger charge is -2.37. The minimum absolute atomic E-state index is 0.268.